The van der Waals surface area contributed by atoms with Gasteiger partial charge in [-0.2, -0.15) is 0 Å². The van der Waals surface area contributed by atoms with Gasteiger partial charge in [-0.1, -0.05) is 6.92 Å². The predicted octanol–water partition coefficient (Wildman–Crippen LogP) is 0.191. The van der Waals surface area contributed by atoms with Crippen molar-refractivity contribution in [2.24, 2.45) is 0 Å². The number of ether oxygens (including phenoxy) is 3. The van der Waals surface area contributed by atoms with Gasteiger partial charge in [-0.3, -0.25) is 14.3 Å². The number of carbonyl (C=O) groups excluding carboxylic acids is 2. The highest BCUT2D eigenvalue weighted by Gasteiger charge is 2.38. The number of hydrogen-bond acceptors (Lipinski definition) is 5. The van der Waals surface area contributed by atoms with Crippen LogP contribution in [0.1, 0.15) is 20.3 Å². The highest BCUT2D eigenvalue weighted by molar-refractivity contribution is 5.70. The second kappa shape index (κ2) is 4.78. The SMILES string of the molecule is CCC(=O)OC([O])(OC)OC(C)=O. The van der Waals surface area contributed by atoms with E-state index in [2.05, 4.69) is 14.2 Å². The summed E-state index contributed by atoms with van der Waals surface area (Å²) < 4.78 is 12.5. The largest absolute Gasteiger partial charge is 0.541 e. The number of esters is 2. The minimum absolute atomic E-state index is 0.00534. The van der Waals surface area contributed by atoms with Crippen LogP contribution in [0.3, 0.4) is 0 Å². The number of methoxy groups -OCH3 is 1. The highest BCUT2D eigenvalue weighted by atomic mass is 17.0. The van der Waals surface area contributed by atoms with Crippen molar-refractivity contribution in [3.05, 3.63) is 0 Å². The fraction of sp³-hybridized carbons (Fsp3) is 0.714. The minimum Gasteiger partial charge on any atom is -0.372 e. The Kier molecular flexibility index (Phi) is 4.36. The second-order valence-electron chi connectivity index (χ2n) is 2.13. The molecule has 0 amide bonds. The van der Waals surface area contributed by atoms with E-state index >= 15 is 0 Å². The monoisotopic (exact) mass is 191 g/mol. The van der Waals surface area contributed by atoms with Crippen LogP contribution in [0.4, 0.5) is 0 Å². The van der Waals surface area contributed by atoms with Crippen molar-refractivity contribution in [2.75, 3.05) is 7.11 Å². The Labute approximate surface area is 75.4 Å². The Balaban J connectivity index is 4.27. The first-order valence-corrected chi connectivity index (χ1v) is 3.60. The molecule has 6 heteroatoms. The van der Waals surface area contributed by atoms with Crippen LogP contribution in [0.15, 0.2) is 0 Å². The lowest BCUT2D eigenvalue weighted by atomic mass is 10.5. The molecule has 0 aliphatic rings. The molecular formula is C7H11O6. The quantitative estimate of drug-likeness (QED) is 0.468. The normalized spacial score (nSPS) is 14.5. The van der Waals surface area contributed by atoms with Gasteiger partial charge in [0.15, 0.2) is 0 Å². The molecule has 0 aromatic carbocycles. The smallest absolute Gasteiger partial charge is 0.372 e. The molecule has 1 atom stereocenters. The summed E-state index contributed by atoms with van der Waals surface area (Å²) in [6.07, 6.45) is -2.87. The van der Waals surface area contributed by atoms with Crippen molar-refractivity contribution in [3.63, 3.8) is 0 Å². The van der Waals surface area contributed by atoms with Gasteiger partial charge >= 0.3 is 18.1 Å². The predicted molar refractivity (Wildman–Crippen MR) is 38.6 cm³/mol. The van der Waals surface area contributed by atoms with Gasteiger partial charge in [-0.25, -0.2) is 0 Å². The van der Waals surface area contributed by atoms with Crippen LogP contribution in [0.5, 0.6) is 0 Å². The van der Waals surface area contributed by atoms with Crippen molar-refractivity contribution < 1.29 is 28.9 Å². The summed E-state index contributed by atoms with van der Waals surface area (Å²) in [5.41, 5.74) is 0. The van der Waals surface area contributed by atoms with Crippen molar-refractivity contribution in [1.29, 1.82) is 0 Å². The summed E-state index contributed by atoms with van der Waals surface area (Å²) >= 11 is 0. The van der Waals surface area contributed by atoms with E-state index in [9.17, 15) is 14.7 Å². The second-order valence-corrected chi connectivity index (χ2v) is 2.13. The summed E-state index contributed by atoms with van der Waals surface area (Å²) in [5, 5.41) is 11.1. The molecule has 0 bridgehead atoms. The van der Waals surface area contributed by atoms with Crippen LogP contribution < -0.4 is 0 Å². The van der Waals surface area contributed by atoms with Gasteiger partial charge < -0.3 is 9.47 Å². The van der Waals surface area contributed by atoms with Gasteiger partial charge in [-0.05, 0) is 0 Å². The zero-order chi connectivity index (χ0) is 10.5. The molecule has 0 aromatic heterocycles. The Hall–Kier alpha value is -1.14. The van der Waals surface area contributed by atoms with E-state index in [0.717, 1.165) is 14.0 Å². The first-order chi connectivity index (χ1) is 5.93. The molecule has 0 saturated heterocycles. The van der Waals surface area contributed by atoms with E-state index in [1.807, 2.05) is 0 Å². The average Bonchev–Trinajstić information content (AvgIpc) is 2.02. The summed E-state index contributed by atoms with van der Waals surface area (Å²) in [7, 11) is 0.971. The number of carbonyl (C=O) groups is 2. The maximum absolute atomic E-state index is 11.1. The van der Waals surface area contributed by atoms with Gasteiger partial charge in [0.1, 0.15) is 0 Å². The van der Waals surface area contributed by atoms with Crippen molar-refractivity contribution >= 4 is 11.9 Å². The maximum Gasteiger partial charge on any atom is 0.541 e. The summed E-state index contributed by atoms with van der Waals surface area (Å²) in [4.78, 5) is 21.1. The molecule has 1 radical (unpaired) electrons. The maximum atomic E-state index is 11.1. The molecule has 0 N–H and O–H groups in total. The Bertz CT molecular complexity index is 201. The van der Waals surface area contributed by atoms with Crippen molar-refractivity contribution in [3.8, 4) is 0 Å². The van der Waals surface area contributed by atoms with Crippen molar-refractivity contribution in [2.45, 2.75) is 26.4 Å². The van der Waals surface area contributed by atoms with Crippen LogP contribution in [0.2, 0.25) is 0 Å². The molecule has 6 nitrogen and oxygen atoms in total. The number of rotatable bonds is 4. The third kappa shape index (κ3) is 4.44. The number of hydrogen-bond donors (Lipinski definition) is 0. The summed E-state index contributed by atoms with van der Waals surface area (Å²) in [6, 6.07) is 0. The standard InChI is InChI=1S/C7H11O6/c1-4-6(9)13-7(10,11-3)12-5(2)8/h4H2,1-3H3. The lowest BCUT2D eigenvalue weighted by Gasteiger charge is -2.20. The Morgan fingerprint density at radius 2 is 1.85 bits per heavy atom. The third-order valence-electron chi connectivity index (χ3n) is 1.05. The first kappa shape index (κ1) is 11.9. The molecule has 0 fully saturated rings. The zero-order valence-corrected chi connectivity index (χ0v) is 7.66. The Morgan fingerprint density at radius 1 is 1.31 bits per heavy atom. The summed E-state index contributed by atoms with van der Waals surface area (Å²) in [5.74, 6) is -1.70. The van der Waals surface area contributed by atoms with Crippen LogP contribution >= 0.6 is 0 Å². The molecule has 0 rings (SSSR count). The molecular weight excluding hydrogens is 180 g/mol. The molecule has 0 aromatic rings. The van der Waals surface area contributed by atoms with Crippen LogP contribution in [-0.4, -0.2) is 25.2 Å². The van der Waals surface area contributed by atoms with Gasteiger partial charge in [-0.15, -0.1) is 5.11 Å². The average molecular weight is 191 g/mol. The topological polar surface area (TPSA) is 81.7 Å². The lowest BCUT2D eigenvalue weighted by Crippen LogP contribution is -2.39. The molecule has 0 aliphatic carbocycles. The molecule has 0 spiro atoms. The summed E-state index contributed by atoms with van der Waals surface area (Å²) in [6.45, 7) is 2.50. The van der Waals surface area contributed by atoms with E-state index in [0.29, 0.717) is 0 Å². The van der Waals surface area contributed by atoms with E-state index < -0.39 is 18.1 Å². The van der Waals surface area contributed by atoms with E-state index in [4.69, 9.17) is 0 Å². The zero-order valence-electron chi connectivity index (χ0n) is 7.66. The molecule has 0 saturated carbocycles. The molecule has 0 aliphatic heterocycles. The Morgan fingerprint density at radius 3 is 2.15 bits per heavy atom. The minimum atomic E-state index is -2.86. The van der Waals surface area contributed by atoms with Gasteiger partial charge in [0.2, 0.25) is 0 Å². The lowest BCUT2D eigenvalue weighted by molar-refractivity contribution is -0.467. The van der Waals surface area contributed by atoms with E-state index in [-0.39, 0.29) is 6.42 Å². The van der Waals surface area contributed by atoms with Gasteiger partial charge in [0.05, 0.1) is 0 Å². The van der Waals surface area contributed by atoms with E-state index in [1.54, 1.807) is 0 Å². The molecule has 13 heavy (non-hydrogen) atoms. The van der Waals surface area contributed by atoms with Crippen LogP contribution in [0, 0.1) is 0 Å². The fourth-order valence-electron chi connectivity index (χ4n) is 0.492. The van der Waals surface area contributed by atoms with Crippen LogP contribution in [0.25, 0.3) is 0 Å². The highest BCUT2D eigenvalue weighted by Crippen LogP contribution is 2.12. The van der Waals surface area contributed by atoms with Gasteiger partial charge in [0.25, 0.3) is 0 Å². The van der Waals surface area contributed by atoms with Crippen LogP contribution in [-0.2, 0) is 28.9 Å². The molecule has 75 valence electrons. The van der Waals surface area contributed by atoms with E-state index in [1.165, 1.54) is 6.92 Å². The first-order valence-electron chi connectivity index (χ1n) is 3.60. The van der Waals surface area contributed by atoms with Gasteiger partial charge in [0, 0.05) is 20.5 Å². The molecule has 1 unspecified atom stereocenters. The third-order valence-corrected chi connectivity index (χ3v) is 1.05. The van der Waals surface area contributed by atoms with Crippen molar-refractivity contribution in [1.82, 2.24) is 0 Å². The fourth-order valence-corrected chi connectivity index (χ4v) is 0.492. The molecule has 0 heterocycles.